The normalized spacial score (nSPS) is 10.1. The smallest absolute Gasteiger partial charge is 0.339 e. The molecular formula is C17H17NO5. The molecule has 0 aliphatic carbocycles. The molecule has 0 radical (unpaired) electrons. The SMILES string of the molecule is CCc1ccc(OCC(=O)Nc2ccc(C(=O)O)c(O)c2)cc1. The lowest BCUT2D eigenvalue weighted by molar-refractivity contribution is -0.118. The van der Waals surface area contributed by atoms with Crippen molar-refractivity contribution < 1.29 is 24.5 Å². The molecule has 23 heavy (non-hydrogen) atoms. The number of phenols is 1. The number of nitrogens with one attached hydrogen (secondary N) is 1. The molecule has 6 heteroatoms. The van der Waals surface area contributed by atoms with E-state index in [0.29, 0.717) is 11.4 Å². The summed E-state index contributed by atoms with van der Waals surface area (Å²) in [6, 6.07) is 11.2. The highest BCUT2D eigenvalue weighted by Crippen LogP contribution is 2.22. The number of carboxylic acid groups (broad SMARTS) is 1. The summed E-state index contributed by atoms with van der Waals surface area (Å²) in [6.07, 6.45) is 0.927. The number of amides is 1. The Kier molecular flexibility index (Phi) is 5.19. The zero-order valence-corrected chi connectivity index (χ0v) is 12.6. The molecule has 0 fully saturated rings. The number of ether oxygens (including phenoxy) is 1. The standard InChI is InChI=1S/C17H17NO5/c1-2-11-3-6-13(7-4-11)23-10-16(20)18-12-5-8-14(17(21)22)15(19)9-12/h3-9,19H,2,10H2,1H3,(H,18,20)(H,21,22). The van der Waals surface area contributed by atoms with Crippen LogP contribution in [-0.4, -0.2) is 28.7 Å². The highest BCUT2D eigenvalue weighted by Gasteiger charge is 2.11. The lowest BCUT2D eigenvalue weighted by Gasteiger charge is -2.09. The second-order valence-electron chi connectivity index (χ2n) is 4.87. The van der Waals surface area contributed by atoms with Crippen molar-refractivity contribution in [1.29, 1.82) is 0 Å². The van der Waals surface area contributed by atoms with Crippen LogP contribution in [0.1, 0.15) is 22.8 Å². The highest BCUT2D eigenvalue weighted by molar-refractivity contribution is 5.95. The van der Waals surface area contributed by atoms with Crippen LogP contribution in [0.25, 0.3) is 0 Å². The fourth-order valence-electron chi connectivity index (χ4n) is 1.96. The van der Waals surface area contributed by atoms with Crippen molar-refractivity contribution in [3.63, 3.8) is 0 Å². The summed E-state index contributed by atoms with van der Waals surface area (Å²) >= 11 is 0. The number of benzene rings is 2. The minimum absolute atomic E-state index is 0.188. The summed E-state index contributed by atoms with van der Waals surface area (Å²) < 4.78 is 5.36. The number of aromatic carboxylic acids is 1. The predicted octanol–water partition coefficient (Wildman–Crippen LogP) is 2.67. The minimum atomic E-state index is -1.24. The van der Waals surface area contributed by atoms with E-state index in [1.54, 1.807) is 12.1 Å². The summed E-state index contributed by atoms with van der Waals surface area (Å²) in [5.41, 5.74) is 1.24. The van der Waals surface area contributed by atoms with Gasteiger partial charge in [-0.3, -0.25) is 4.79 Å². The lowest BCUT2D eigenvalue weighted by atomic mass is 10.2. The summed E-state index contributed by atoms with van der Waals surface area (Å²) in [7, 11) is 0. The molecular weight excluding hydrogens is 298 g/mol. The monoisotopic (exact) mass is 315 g/mol. The topological polar surface area (TPSA) is 95.9 Å². The van der Waals surface area contributed by atoms with E-state index in [2.05, 4.69) is 5.32 Å². The van der Waals surface area contributed by atoms with Crippen LogP contribution >= 0.6 is 0 Å². The van der Waals surface area contributed by atoms with Crippen LogP contribution < -0.4 is 10.1 Å². The number of anilines is 1. The summed E-state index contributed by atoms with van der Waals surface area (Å²) in [4.78, 5) is 22.6. The molecule has 120 valence electrons. The molecule has 3 N–H and O–H groups in total. The van der Waals surface area contributed by atoms with Crippen molar-refractivity contribution in [1.82, 2.24) is 0 Å². The molecule has 2 aromatic rings. The van der Waals surface area contributed by atoms with Crippen LogP contribution in [-0.2, 0) is 11.2 Å². The van der Waals surface area contributed by atoms with Gasteiger partial charge in [-0.1, -0.05) is 19.1 Å². The average Bonchev–Trinajstić information content (AvgIpc) is 2.53. The number of hydrogen-bond donors (Lipinski definition) is 3. The van der Waals surface area contributed by atoms with Gasteiger partial charge in [0.05, 0.1) is 0 Å². The molecule has 0 spiro atoms. The molecule has 0 saturated heterocycles. The van der Waals surface area contributed by atoms with Gasteiger partial charge in [0.15, 0.2) is 6.61 Å². The van der Waals surface area contributed by atoms with Gasteiger partial charge in [0, 0.05) is 11.8 Å². The van der Waals surface area contributed by atoms with E-state index in [-0.39, 0.29) is 12.2 Å². The van der Waals surface area contributed by atoms with Gasteiger partial charge in [-0.25, -0.2) is 4.79 Å². The number of carboxylic acids is 1. The Morgan fingerprint density at radius 1 is 1.13 bits per heavy atom. The van der Waals surface area contributed by atoms with E-state index in [1.807, 2.05) is 19.1 Å². The second-order valence-corrected chi connectivity index (χ2v) is 4.87. The van der Waals surface area contributed by atoms with Crippen LogP contribution in [0.5, 0.6) is 11.5 Å². The number of hydrogen-bond acceptors (Lipinski definition) is 4. The largest absolute Gasteiger partial charge is 0.507 e. The van der Waals surface area contributed by atoms with Crippen molar-refractivity contribution in [2.24, 2.45) is 0 Å². The third-order valence-corrected chi connectivity index (χ3v) is 3.21. The maximum absolute atomic E-state index is 11.8. The number of carbonyl (C=O) groups is 2. The summed E-state index contributed by atoms with van der Waals surface area (Å²) in [5.74, 6) is -1.47. The van der Waals surface area contributed by atoms with E-state index in [4.69, 9.17) is 9.84 Å². The molecule has 0 aliphatic rings. The third-order valence-electron chi connectivity index (χ3n) is 3.21. The maximum Gasteiger partial charge on any atom is 0.339 e. The Morgan fingerprint density at radius 3 is 2.39 bits per heavy atom. The van der Waals surface area contributed by atoms with Gasteiger partial charge in [-0.05, 0) is 36.2 Å². The van der Waals surface area contributed by atoms with Gasteiger partial charge >= 0.3 is 5.97 Å². The Balaban J connectivity index is 1.91. The molecule has 0 bridgehead atoms. The van der Waals surface area contributed by atoms with E-state index in [0.717, 1.165) is 6.42 Å². The molecule has 0 heterocycles. The summed E-state index contributed by atoms with van der Waals surface area (Å²) in [6.45, 7) is 1.86. The highest BCUT2D eigenvalue weighted by atomic mass is 16.5. The van der Waals surface area contributed by atoms with Gasteiger partial charge in [0.25, 0.3) is 5.91 Å². The van der Waals surface area contributed by atoms with Crippen LogP contribution in [0.2, 0.25) is 0 Å². The van der Waals surface area contributed by atoms with Crippen LogP contribution in [0, 0.1) is 0 Å². The second kappa shape index (κ2) is 7.31. The Labute approximate surface area is 133 Å². The van der Waals surface area contributed by atoms with Crippen molar-refractivity contribution >= 4 is 17.6 Å². The molecule has 0 aliphatic heterocycles. The molecule has 0 unspecified atom stereocenters. The molecule has 6 nitrogen and oxygen atoms in total. The molecule has 0 atom stereocenters. The molecule has 0 saturated carbocycles. The van der Waals surface area contributed by atoms with Gasteiger partial charge < -0.3 is 20.3 Å². The van der Waals surface area contributed by atoms with Gasteiger partial charge in [-0.15, -0.1) is 0 Å². The first kappa shape index (κ1) is 16.4. The van der Waals surface area contributed by atoms with Crippen LogP contribution in [0.15, 0.2) is 42.5 Å². The zero-order chi connectivity index (χ0) is 16.8. The van der Waals surface area contributed by atoms with Gasteiger partial charge in [0.2, 0.25) is 0 Å². The quantitative estimate of drug-likeness (QED) is 0.761. The molecule has 2 rings (SSSR count). The first-order valence-electron chi connectivity index (χ1n) is 7.07. The van der Waals surface area contributed by atoms with E-state index in [1.165, 1.54) is 23.8 Å². The molecule has 1 amide bonds. The predicted molar refractivity (Wildman–Crippen MR) is 85.0 cm³/mol. The van der Waals surface area contributed by atoms with Crippen molar-refractivity contribution in [2.45, 2.75) is 13.3 Å². The van der Waals surface area contributed by atoms with Crippen molar-refractivity contribution in [2.75, 3.05) is 11.9 Å². The van der Waals surface area contributed by atoms with E-state index >= 15 is 0 Å². The van der Waals surface area contributed by atoms with E-state index < -0.39 is 17.6 Å². The lowest BCUT2D eigenvalue weighted by Crippen LogP contribution is -2.20. The third kappa shape index (κ3) is 4.47. The fraction of sp³-hybridized carbons (Fsp3) is 0.176. The minimum Gasteiger partial charge on any atom is -0.507 e. The Morgan fingerprint density at radius 2 is 1.83 bits per heavy atom. The number of carbonyl (C=O) groups excluding carboxylic acids is 1. The maximum atomic E-state index is 11.8. The first-order chi connectivity index (χ1) is 11.0. The van der Waals surface area contributed by atoms with E-state index in [9.17, 15) is 14.7 Å². The zero-order valence-electron chi connectivity index (χ0n) is 12.6. The fourth-order valence-corrected chi connectivity index (χ4v) is 1.96. The van der Waals surface area contributed by atoms with Crippen molar-refractivity contribution in [3.8, 4) is 11.5 Å². The Bertz CT molecular complexity index is 709. The van der Waals surface area contributed by atoms with Gasteiger partial charge in [0.1, 0.15) is 17.1 Å². The number of rotatable bonds is 6. The molecule has 0 aromatic heterocycles. The van der Waals surface area contributed by atoms with Crippen LogP contribution in [0.3, 0.4) is 0 Å². The first-order valence-corrected chi connectivity index (χ1v) is 7.07. The van der Waals surface area contributed by atoms with Crippen molar-refractivity contribution in [3.05, 3.63) is 53.6 Å². The van der Waals surface area contributed by atoms with Gasteiger partial charge in [-0.2, -0.15) is 0 Å². The molecule has 2 aromatic carbocycles. The average molecular weight is 315 g/mol. The number of aryl methyl sites for hydroxylation is 1. The number of aromatic hydroxyl groups is 1. The summed E-state index contributed by atoms with van der Waals surface area (Å²) in [5, 5.41) is 20.9. The Hall–Kier alpha value is -3.02. The van der Waals surface area contributed by atoms with Crippen LogP contribution in [0.4, 0.5) is 5.69 Å².